The van der Waals surface area contributed by atoms with E-state index in [9.17, 15) is 4.39 Å². The van der Waals surface area contributed by atoms with E-state index in [0.29, 0.717) is 0 Å². The van der Waals surface area contributed by atoms with Crippen LogP contribution in [0.15, 0.2) is 0 Å². The van der Waals surface area contributed by atoms with Crippen LogP contribution in [-0.4, -0.2) is 6.17 Å². The van der Waals surface area contributed by atoms with Gasteiger partial charge in [0.1, 0.15) is 6.17 Å². The maximum atomic E-state index is 12.5. The van der Waals surface area contributed by atoms with Crippen LogP contribution in [0, 0.1) is 5.92 Å². The van der Waals surface area contributed by atoms with Gasteiger partial charge < -0.3 is 0 Å². The molecule has 0 aromatic heterocycles. The average molecular weight is 130 g/mol. The first-order valence-corrected chi connectivity index (χ1v) is 3.97. The van der Waals surface area contributed by atoms with Crippen molar-refractivity contribution in [3.05, 3.63) is 0 Å². The summed E-state index contributed by atoms with van der Waals surface area (Å²) in [5.74, 6) is 0.831. The van der Waals surface area contributed by atoms with Crippen molar-refractivity contribution in [3.8, 4) is 0 Å². The lowest BCUT2D eigenvalue weighted by Crippen LogP contribution is -2.13. The summed E-state index contributed by atoms with van der Waals surface area (Å²) in [5, 5.41) is 0. The summed E-state index contributed by atoms with van der Waals surface area (Å²) >= 11 is 0. The molecule has 1 saturated carbocycles. The molecule has 1 rings (SSSR count). The first-order chi connectivity index (χ1) is 4.33. The van der Waals surface area contributed by atoms with Crippen LogP contribution in [0.1, 0.15) is 39.0 Å². The van der Waals surface area contributed by atoms with Crippen LogP contribution >= 0.6 is 0 Å². The standard InChI is InChI=1S/C8H15F/c1-2-7-3-5-8(9)6-4-7/h7-8H,2-6H2,1H3/t7-,8+. The fraction of sp³-hybridized carbons (Fsp3) is 1.00. The Labute approximate surface area is 56.5 Å². The third kappa shape index (κ3) is 1.96. The predicted octanol–water partition coefficient (Wildman–Crippen LogP) is 2.92. The Morgan fingerprint density at radius 3 is 2.22 bits per heavy atom. The molecule has 9 heavy (non-hydrogen) atoms. The maximum absolute atomic E-state index is 12.5. The van der Waals surface area contributed by atoms with Crippen LogP contribution in [0.2, 0.25) is 0 Å². The zero-order valence-corrected chi connectivity index (χ0v) is 6.07. The second-order valence-corrected chi connectivity index (χ2v) is 3.03. The van der Waals surface area contributed by atoms with Crippen LogP contribution in [-0.2, 0) is 0 Å². The quantitative estimate of drug-likeness (QED) is 0.512. The van der Waals surface area contributed by atoms with Crippen molar-refractivity contribution < 1.29 is 4.39 Å². The number of alkyl halides is 1. The molecule has 1 aliphatic rings. The number of halogens is 1. The van der Waals surface area contributed by atoms with E-state index in [1.54, 1.807) is 0 Å². The molecule has 0 radical (unpaired) electrons. The Bertz CT molecular complexity index is 72.6. The Morgan fingerprint density at radius 1 is 1.22 bits per heavy atom. The molecule has 0 aliphatic heterocycles. The van der Waals surface area contributed by atoms with Crippen molar-refractivity contribution in [3.63, 3.8) is 0 Å². The minimum absolute atomic E-state index is 0.479. The van der Waals surface area contributed by atoms with E-state index in [-0.39, 0.29) is 0 Å². The van der Waals surface area contributed by atoms with Crippen molar-refractivity contribution >= 4 is 0 Å². The molecular formula is C8H15F. The molecule has 1 fully saturated rings. The second-order valence-electron chi connectivity index (χ2n) is 3.03. The second kappa shape index (κ2) is 3.19. The third-order valence-electron chi connectivity index (χ3n) is 2.35. The Hall–Kier alpha value is -0.0700. The molecular weight excluding hydrogens is 115 g/mol. The van der Waals surface area contributed by atoms with Crippen LogP contribution in [0.5, 0.6) is 0 Å². The summed E-state index contributed by atoms with van der Waals surface area (Å²) in [6, 6.07) is 0. The van der Waals surface area contributed by atoms with Crippen LogP contribution in [0.4, 0.5) is 4.39 Å². The van der Waals surface area contributed by atoms with Crippen molar-refractivity contribution in [2.24, 2.45) is 5.92 Å². The molecule has 0 heterocycles. The maximum Gasteiger partial charge on any atom is 0.100 e. The first-order valence-electron chi connectivity index (χ1n) is 3.97. The highest BCUT2D eigenvalue weighted by molar-refractivity contribution is 4.70. The van der Waals surface area contributed by atoms with Crippen molar-refractivity contribution in [1.82, 2.24) is 0 Å². The molecule has 1 heteroatoms. The SMILES string of the molecule is CC[C@H]1CC[C@@H](F)CC1. The van der Waals surface area contributed by atoms with E-state index in [1.807, 2.05) is 0 Å². The zero-order valence-electron chi connectivity index (χ0n) is 6.07. The lowest BCUT2D eigenvalue weighted by molar-refractivity contribution is 0.204. The molecule has 0 atom stereocenters. The van der Waals surface area contributed by atoms with Crippen molar-refractivity contribution in [2.75, 3.05) is 0 Å². The molecule has 0 unspecified atom stereocenters. The predicted molar refractivity (Wildman–Crippen MR) is 37.1 cm³/mol. The molecule has 0 saturated heterocycles. The number of hydrogen-bond acceptors (Lipinski definition) is 0. The van der Waals surface area contributed by atoms with Gasteiger partial charge in [0.15, 0.2) is 0 Å². The molecule has 1 aliphatic carbocycles. The summed E-state index contributed by atoms with van der Waals surface area (Å²) in [5.41, 5.74) is 0. The fourth-order valence-corrected chi connectivity index (χ4v) is 1.53. The van der Waals surface area contributed by atoms with Crippen LogP contribution in [0.3, 0.4) is 0 Å². The van der Waals surface area contributed by atoms with Gasteiger partial charge in [0.2, 0.25) is 0 Å². The summed E-state index contributed by atoms with van der Waals surface area (Å²) in [7, 11) is 0. The highest BCUT2D eigenvalue weighted by atomic mass is 19.1. The highest BCUT2D eigenvalue weighted by Crippen LogP contribution is 2.27. The Kier molecular flexibility index (Phi) is 2.49. The van der Waals surface area contributed by atoms with Crippen molar-refractivity contribution in [1.29, 1.82) is 0 Å². The minimum Gasteiger partial charge on any atom is -0.247 e. The molecule has 0 spiro atoms. The number of hydrogen-bond donors (Lipinski definition) is 0. The topological polar surface area (TPSA) is 0 Å². The van der Waals surface area contributed by atoms with Crippen molar-refractivity contribution in [2.45, 2.75) is 45.2 Å². The lowest BCUT2D eigenvalue weighted by Gasteiger charge is -2.22. The largest absolute Gasteiger partial charge is 0.247 e. The fourth-order valence-electron chi connectivity index (χ4n) is 1.53. The summed E-state index contributed by atoms with van der Waals surface area (Å²) in [4.78, 5) is 0. The average Bonchev–Trinajstić information content (AvgIpc) is 1.90. The Balaban J connectivity index is 2.18. The van der Waals surface area contributed by atoms with E-state index in [1.165, 1.54) is 6.42 Å². The number of rotatable bonds is 1. The first kappa shape index (κ1) is 7.04. The summed E-state index contributed by atoms with van der Waals surface area (Å²) in [6.07, 6.45) is 4.65. The van der Waals surface area contributed by atoms with Gasteiger partial charge in [-0.1, -0.05) is 13.3 Å². The summed E-state index contributed by atoms with van der Waals surface area (Å²) < 4.78 is 12.5. The monoisotopic (exact) mass is 130 g/mol. The van der Waals surface area contributed by atoms with Crippen LogP contribution in [0.25, 0.3) is 0 Å². The highest BCUT2D eigenvalue weighted by Gasteiger charge is 2.18. The molecule has 0 amide bonds. The van der Waals surface area contributed by atoms with Gasteiger partial charge in [-0.3, -0.25) is 0 Å². The van der Waals surface area contributed by atoms with Gasteiger partial charge in [-0.15, -0.1) is 0 Å². The third-order valence-corrected chi connectivity index (χ3v) is 2.35. The molecule has 0 bridgehead atoms. The smallest absolute Gasteiger partial charge is 0.100 e. The van der Waals surface area contributed by atoms with Crippen LogP contribution < -0.4 is 0 Å². The van der Waals surface area contributed by atoms with Gasteiger partial charge >= 0.3 is 0 Å². The molecule has 0 aromatic rings. The molecule has 54 valence electrons. The lowest BCUT2D eigenvalue weighted by atomic mass is 9.87. The summed E-state index contributed by atoms with van der Waals surface area (Å²) in [6.45, 7) is 2.20. The Morgan fingerprint density at radius 2 is 1.78 bits per heavy atom. The van der Waals surface area contributed by atoms with E-state index in [0.717, 1.165) is 31.6 Å². The van der Waals surface area contributed by atoms with Gasteiger partial charge in [0.25, 0.3) is 0 Å². The van der Waals surface area contributed by atoms with E-state index in [4.69, 9.17) is 0 Å². The van der Waals surface area contributed by atoms with Gasteiger partial charge in [-0.05, 0) is 31.6 Å². The van der Waals surface area contributed by atoms with Gasteiger partial charge in [0.05, 0.1) is 0 Å². The van der Waals surface area contributed by atoms with E-state index in [2.05, 4.69) is 6.92 Å². The normalized spacial score (nSPS) is 36.7. The minimum atomic E-state index is -0.479. The van der Waals surface area contributed by atoms with Gasteiger partial charge in [-0.2, -0.15) is 0 Å². The molecule has 0 aromatic carbocycles. The van der Waals surface area contributed by atoms with E-state index < -0.39 is 6.17 Å². The van der Waals surface area contributed by atoms with Gasteiger partial charge in [0, 0.05) is 0 Å². The molecule has 0 N–H and O–H groups in total. The zero-order chi connectivity index (χ0) is 6.69. The van der Waals surface area contributed by atoms with Gasteiger partial charge in [-0.25, -0.2) is 4.39 Å². The van der Waals surface area contributed by atoms with E-state index >= 15 is 0 Å². The molecule has 0 nitrogen and oxygen atoms in total.